The van der Waals surface area contributed by atoms with Crippen LogP contribution in [0.3, 0.4) is 0 Å². The van der Waals surface area contributed by atoms with Crippen LogP contribution in [0.1, 0.15) is 73.1 Å². The first-order chi connectivity index (χ1) is 9.07. The van der Waals surface area contributed by atoms with Gasteiger partial charge in [0.2, 0.25) is 5.91 Å². The van der Waals surface area contributed by atoms with Crippen LogP contribution >= 0.6 is 0 Å². The van der Waals surface area contributed by atoms with E-state index in [0.717, 1.165) is 38.6 Å². The summed E-state index contributed by atoms with van der Waals surface area (Å²) in [5, 5.41) is 3.49. The maximum atomic E-state index is 10.5. The number of allylic oxidation sites excluding steroid dienone is 2. The molecule has 0 aromatic heterocycles. The molecule has 0 saturated carbocycles. The lowest BCUT2D eigenvalue weighted by molar-refractivity contribution is -0.118. The molecule has 0 aromatic rings. The average molecular weight is 270 g/mol. The molecular weight excluding hydrogens is 236 g/mol. The number of nitrogens with one attached hydrogen (secondary N) is 1. The Morgan fingerprint density at radius 1 is 1.16 bits per heavy atom. The molecule has 0 atom stereocenters. The quantitative estimate of drug-likeness (QED) is 0.590. The third kappa shape index (κ3) is 15.0. The lowest BCUT2D eigenvalue weighted by Gasteiger charge is -2.14. The molecule has 0 aromatic carbocycles. The highest BCUT2D eigenvalue weighted by atomic mass is 16.1. The summed E-state index contributed by atoms with van der Waals surface area (Å²) in [4.78, 5) is 10.5. The summed E-state index contributed by atoms with van der Waals surface area (Å²) in [6.07, 6.45) is 8.22. The fourth-order valence-electron chi connectivity index (χ4n) is 1.74. The van der Waals surface area contributed by atoms with Gasteiger partial charge in [0.15, 0.2) is 0 Å². The van der Waals surface area contributed by atoms with Crippen molar-refractivity contribution in [3.63, 3.8) is 0 Å². The Hall–Kier alpha value is -0.990. The molecule has 0 spiro atoms. The van der Waals surface area contributed by atoms with E-state index in [-0.39, 0.29) is 5.91 Å². The van der Waals surface area contributed by atoms with Crippen LogP contribution in [-0.2, 0) is 4.79 Å². The van der Waals surface area contributed by atoms with Gasteiger partial charge in [-0.05, 0) is 25.2 Å². The third-order valence-electron chi connectivity index (χ3n) is 2.73. The van der Waals surface area contributed by atoms with E-state index in [1.165, 1.54) is 5.70 Å². The molecular formula is C16H34N2O. The zero-order chi connectivity index (χ0) is 15.1. The number of carbonyl (C=O) groups excluding carboxylic acids is 1. The van der Waals surface area contributed by atoms with Crippen LogP contribution in [0.4, 0.5) is 0 Å². The van der Waals surface area contributed by atoms with Crippen molar-refractivity contribution >= 4 is 5.91 Å². The van der Waals surface area contributed by atoms with E-state index in [2.05, 4.69) is 32.2 Å². The predicted octanol–water partition coefficient (Wildman–Crippen LogP) is 3.99. The summed E-state index contributed by atoms with van der Waals surface area (Å²) in [7, 11) is 0. The van der Waals surface area contributed by atoms with E-state index in [9.17, 15) is 4.79 Å². The van der Waals surface area contributed by atoms with Crippen molar-refractivity contribution in [1.29, 1.82) is 0 Å². The third-order valence-corrected chi connectivity index (χ3v) is 2.73. The smallest absolute Gasteiger partial charge is 0.217 e. The van der Waals surface area contributed by atoms with Gasteiger partial charge < -0.3 is 11.1 Å². The van der Waals surface area contributed by atoms with Crippen LogP contribution in [-0.4, -0.2) is 12.5 Å². The number of unbranched alkanes of at least 4 members (excludes halogenated alkanes) is 3. The maximum Gasteiger partial charge on any atom is 0.217 e. The Morgan fingerprint density at radius 2 is 1.74 bits per heavy atom. The number of hydrogen-bond donors (Lipinski definition) is 2. The molecule has 0 unspecified atom stereocenters. The van der Waals surface area contributed by atoms with Crippen molar-refractivity contribution in [3.05, 3.63) is 11.8 Å². The molecule has 0 radical (unpaired) electrons. The molecule has 0 bridgehead atoms. The van der Waals surface area contributed by atoms with E-state index in [4.69, 9.17) is 5.73 Å². The predicted molar refractivity (Wildman–Crippen MR) is 84.8 cm³/mol. The zero-order valence-corrected chi connectivity index (χ0v) is 13.6. The van der Waals surface area contributed by atoms with Gasteiger partial charge in [-0.25, -0.2) is 0 Å². The first kappa shape index (κ1) is 20.3. The minimum Gasteiger partial charge on any atom is -0.388 e. The number of nitrogens with two attached hydrogens (primary N) is 1. The van der Waals surface area contributed by atoms with Crippen LogP contribution in [0.5, 0.6) is 0 Å². The minimum atomic E-state index is -0.184. The van der Waals surface area contributed by atoms with E-state index < -0.39 is 0 Å². The SMILES string of the molecule is CC.CC/C=C(/NCCCCCCC(N)=O)C(C)C. The number of hydrogen-bond acceptors (Lipinski definition) is 2. The largest absolute Gasteiger partial charge is 0.388 e. The molecule has 0 saturated heterocycles. The van der Waals surface area contributed by atoms with Crippen LogP contribution in [0.15, 0.2) is 11.8 Å². The van der Waals surface area contributed by atoms with Crippen molar-refractivity contribution in [2.45, 2.75) is 73.1 Å². The molecule has 0 aliphatic rings. The van der Waals surface area contributed by atoms with Crippen molar-refractivity contribution in [2.24, 2.45) is 11.7 Å². The Bertz CT molecular complexity index is 235. The highest BCUT2D eigenvalue weighted by molar-refractivity contribution is 5.73. The second-order valence-electron chi connectivity index (χ2n) is 4.78. The van der Waals surface area contributed by atoms with Gasteiger partial charge in [-0.1, -0.05) is 53.5 Å². The van der Waals surface area contributed by atoms with Crippen molar-refractivity contribution in [1.82, 2.24) is 5.32 Å². The Kier molecular flexibility index (Phi) is 16.1. The molecule has 0 aliphatic carbocycles. The van der Waals surface area contributed by atoms with Gasteiger partial charge in [-0.2, -0.15) is 0 Å². The van der Waals surface area contributed by atoms with Crippen molar-refractivity contribution in [2.75, 3.05) is 6.54 Å². The molecule has 19 heavy (non-hydrogen) atoms. The van der Waals surface area contributed by atoms with E-state index in [0.29, 0.717) is 12.3 Å². The molecule has 3 nitrogen and oxygen atoms in total. The van der Waals surface area contributed by atoms with Crippen LogP contribution in [0.2, 0.25) is 0 Å². The topological polar surface area (TPSA) is 55.1 Å². The Balaban J connectivity index is 0. The van der Waals surface area contributed by atoms with Crippen LogP contribution < -0.4 is 11.1 Å². The van der Waals surface area contributed by atoms with E-state index >= 15 is 0 Å². The molecule has 0 aliphatic heterocycles. The van der Waals surface area contributed by atoms with E-state index in [1.807, 2.05) is 13.8 Å². The van der Waals surface area contributed by atoms with E-state index in [1.54, 1.807) is 0 Å². The zero-order valence-electron chi connectivity index (χ0n) is 13.6. The standard InChI is InChI=1S/C14H28N2O.C2H6/c1-4-9-13(12(2)3)16-11-8-6-5-7-10-14(15)17;1-2/h9,12,16H,4-8,10-11H2,1-3H3,(H2,15,17);1-2H3/b13-9+;. The Morgan fingerprint density at radius 3 is 2.21 bits per heavy atom. The molecule has 3 N–H and O–H groups in total. The molecule has 1 amide bonds. The molecule has 0 heterocycles. The van der Waals surface area contributed by atoms with Gasteiger partial charge in [0.05, 0.1) is 0 Å². The van der Waals surface area contributed by atoms with Crippen LogP contribution in [0, 0.1) is 5.92 Å². The lowest BCUT2D eigenvalue weighted by Crippen LogP contribution is -2.18. The average Bonchev–Trinajstić information content (AvgIpc) is 2.38. The number of carbonyl (C=O) groups is 1. The summed E-state index contributed by atoms with van der Waals surface area (Å²) in [6.45, 7) is 11.6. The highest BCUT2D eigenvalue weighted by Crippen LogP contribution is 2.08. The van der Waals surface area contributed by atoms with Crippen molar-refractivity contribution < 1.29 is 4.79 Å². The van der Waals surface area contributed by atoms with Gasteiger partial charge in [0.1, 0.15) is 0 Å². The first-order valence-electron chi connectivity index (χ1n) is 7.80. The second kappa shape index (κ2) is 15.1. The monoisotopic (exact) mass is 270 g/mol. The second-order valence-corrected chi connectivity index (χ2v) is 4.78. The summed E-state index contributed by atoms with van der Waals surface area (Å²) >= 11 is 0. The fraction of sp³-hybridized carbons (Fsp3) is 0.812. The normalized spacial score (nSPS) is 10.9. The van der Waals surface area contributed by atoms with Gasteiger partial charge in [-0.3, -0.25) is 4.79 Å². The highest BCUT2D eigenvalue weighted by Gasteiger charge is 2.01. The number of primary amides is 1. The van der Waals surface area contributed by atoms with Gasteiger partial charge in [-0.15, -0.1) is 0 Å². The molecule has 114 valence electrons. The van der Waals surface area contributed by atoms with Gasteiger partial charge in [0, 0.05) is 18.7 Å². The molecule has 0 fully saturated rings. The number of rotatable bonds is 10. The van der Waals surface area contributed by atoms with Gasteiger partial charge >= 0.3 is 0 Å². The minimum absolute atomic E-state index is 0.184. The lowest BCUT2D eigenvalue weighted by atomic mass is 10.1. The van der Waals surface area contributed by atoms with Crippen molar-refractivity contribution in [3.8, 4) is 0 Å². The first-order valence-corrected chi connectivity index (χ1v) is 7.80. The summed E-state index contributed by atoms with van der Waals surface area (Å²) in [5.74, 6) is 0.390. The number of amides is 1. The maximum absolute atomic E-state index is 10.5. The Labute approximate surface area is 120 Å². The summed E-state index contributed by atoms with van der Waals surface area (Å²) in [5.41, 5.74) is 6.43. The summed E-state index contributed by atoms with van der Waals surface area (Å²) < 4.78 is 0. The van der Waals surface area contributed by atoms with Crippen LogP contribution in [0.25, 0.3) is 0 Å². The summed E-state index contributed by atoms with van der Waals surface area (Å²) in [6, 6.07) is 0. The fourth-order valence-corrected chi connectivity index (χ4v) is 1.74. The van der Waals surface area contributed by atoms with Gasteiger partial charge in [0.25, 0.3) is 0 Å². The molecule has 3 heteroatoms. The molecule has 0 rings (SSSR count).